The van der Waals surface area contributed by atoms with Gasteiger partial charge in [0.25, 0.3) is 5.91 Å². The van der Waals surface area contributed by atoms with Crippen LogP contribution in [0, 0.1) is 17.6 Å². The first-order valence-electron chi connectivity index (χ1n) is 9.68. The van der Waals surface area contributed by atoms with E-state index in [0.717, 1.165) is 18.4 Å². The molecular formula is C22H22F2N2O2. The van der Waals surface area contributed by atoms with Gasteiger partial charge in [-0.3, -0.25) is 9.59 Å². The van der Waals surface area contributed by atoms with Crippen molar-refractivity contribution in [1.29, 1.82) is 0 Å². The van der Waals surface area contributed by atoms with Crippen molar-refractivity contribution < 1.29 is 18.4 Å². The number of hydrogen-bond acceptors (Lipinski definition) is 2. The highest BCUT2D eigenvalue weighted by molar-refractivity contribution is 5.97. The average Bonchev–Trinajstić information content (AvgIpc) is 2.73. The molecule has 1 saturated heterocycles. The molecule has 0 spiro atoms. The Morgan fingerprint density at radius 1 is 0.929 bits per heavy atom. The van der Waals surface area contributed by atoms with Gasteiger partial charge in [0.05, 0.1) is 5.69 Å². The van der Waals surface area contributed by atoms with Crippen molar-refractivity contribution in [2.75, 3.05) is 24.5 Å². The van der Waals surface area contributed by atoms with Gasteiger partial charge >= 0.3 is 0 Å². The zero-order chi connectivity index (χ0) is 19.7. The molecule has 2 heterocycles. The normalized spacial score (nSPS) is 17.4. The van der Waals surface area contributed by atoms with Crippen molar-refractivity contribution in [2.24, 2.45) is 5.92 Å². The highest BCUT2D eigenvalue weighted by Gasteiger charge is 2.33. The molecule has 2 aromatic carbocycles. The summed E-state index contributed by atoms with van der Waals surface area (Å²) in [6, 6.07) is 10.4. The first-order chi connectivity index (χ1) is 13.5. The number of benzene rings is 2. The maximum absolute atomic E-state index is 14.4. The van der Waals surface area contributed by atoms with Crippen molar-refractivity contribution >= 4 is 17.5 Å². The molecule has 2 amide bonds. The fourth-order valence-electron chi connectivity index (χ4n) is 4.15. The molecule has 0 aromatic heterocycles. The fraction of sp³-hybridized carbons (Fsp3) is 0.364. The van der Waals surface area contributed by atoms with E-state index in [9.17, 15) is 18.4 Å². The molecule has 2 aromatic rings. The summed E-state index contributed by atoms with van der Waals surface area (Å²) >= 11 is 0. The summed E-state index contributed by atoms with van der Waals surface area (Å²) in [5, 5.41) is 0. The number of amides is 2. The van der Waals surface area contributed by atoms with Crippen molar-refractivity contribution in [2.45, 2.75) is 25.7 Å². The summed E-state index contributed by atoms with van der Waals surface area (Å²) in [5.74, 6) is -1.16. The minimum atomic E-state index is -0.380. The van der Waals surface area contributed by atoms with E-state index >= 15 is 0 Å². The van der Waals surface area contributed by atoms with E-state index in [2.05, 4.69) is 0 Å². The van der Waals surface area contributed by atoms with Crippen molar-refractivity contribution in [3.63, 3.8) is 0 Å². The number of anilines is 1. The van der Waals surface area contributed by atoms with Crippen LogP contribution in [0.1, 0.15) is 35.2 Å². The minimum Gasteiger partial charge on any atom is -0.339 e. The SMILES string of the molecule is O=C(c1ccc(F)cc1)N1CCC(C(=O)N2CCCc3cccc(F)c32)CC1. The predicted octanol–water partition coefficient (Wildman–Crippen LogP) is 3.80. The molecule has 2 aliphatic rings. The molecule has 0 radical (unpaired) electrons. The standard InChI is InChI=1S/C22H22F2N2O2/c23-18-8-6-16(7-9-18)21(27)25-13-10-17(11-14-25)22(28)26-12-2-4-15-3-1-5-19(24)20(15)26/h1,3,5-9,17H,2,4,10-14H2. The fourth-order valence-corrected chi connectivity index (χ4v) is 4.15. The summed E-state index contributed by atoms with van der Waals surface area (Å²) in [6.07, 6.45) is 2.70. The van der Waals surface area contributed by atoms with Crippen LogP contribution in [0.15, 0.2) is 42.5 Å². The van der Waals surface area contributed by atoms with Crippen molar-refractivity contribution in [3.8, 4) is 0 Å². The molecule has 6 heteroatoms. The van der Waals surface area contributed by atoms with Gasteiger partial charge in [0.15, 0.2) is 0 Å². The smallest absolute Gasteiger partial charge is 0.253 e. The van der Waals surface area contributed by atoms with Crippen LogP contribution in [-0.4, -0.2) is 36.3 Å². The highest BCUT2D eigenvalue weighted by Crippen LogP contribution is 2.32. The van der Waals surface area contributed by atoms with Crippen LogP contribution >= 0.6 is 0 Å². The molecule has 0 N–H and O–H groups in total. The van der Waals surface area contributed by atoms with Gasteiger partial charge in [-0.05, 0) is 61.6 Å². The zero-order valence-electron chi connectivity index (χ0n) is 15.5. The Labute approximate surface area is 162 Å². The molecule has 0 aliphatic carbocycles. The third kappa shape index (κ3) is 3.51. The number of carbonyl (C=O) groups is 2. The van der Waals surface area contributed by atoms with Crippen LogP contribution in [0.3, 0.4) is 0 Å². The molecule has 0 atom stereocenters. The molecule has 0 bridgehead atoms. The third-order valence-electron chi connectivity index (χ3n) is 5.66. The number of nitrogens with zero attached hydrogens (tertiary/aromatic N) is 2. The van der Waals surface area contributed by atoms with Crippen LogP contribution in [-0.2, 0) is 11.2 Å². The Morgan fingerprint density at radius 3 is 2.36 bits per heavy atom. The van der Waals surface area contributed by atoms with Gasteiger partial charge in [0.1, 0.15) is 11.6 Å². The minimum absolute atomic E-state index is 0.0556. The number of para-hydroxylation sites is 1. The summed E-state index contributed by atoms with van der Waals surface area (Å²) in [5.41, 5.74) is 1.74. The second-order valence-corrected chi connectivity index (χ2v) is 7.41. The van der Waals surface area contributed by atoms with E-state index in [1.165, 1.54) is 30.3 Å². The Morgan fingerprint density at radius 2 is 1.64 bits per heavy atom. The first-order valence-corrected chi connectivity index (χ1v) is 9.68. The highest BCUT2D eigenvalue weighted by atomic mass is 19.1. The first kappa shape index (κ1) is 18.6. The Hall–Kier alpha value is -2.76. The molecule has 146 valence electrons. The van der Waals surface area contributed by atoms with Gasteiger partial charge in [-0.25, -0.2) is 8.78 Å². The lowest BCUT2D eigenvalue weighted by Crippen LogP contribution is -2.46. The number of hydrogen-bond donors (Lipinski definition) is 0. The molecule has 0 saturated carbocycles. The lowest BCUT2D eigenvalue weighted by atomic mass is 9.92. The molecule has 0 unspecified atom stereocenters. The monoisotopic (exact) mass is 384 g/mol. The topological polar surface area (TPSA) is 40.6 Å². The molecule has 1 fully saturated rings. The van der Waals surface area contributed by atoms with Crippen LogP contribution in [0.2, 0.25) is 0 Å². The number of aryl methyl sites for hydroxylation is 1. The number of rotatable bonds is 2. The van der Waals surface area contributed by atoms with Gasteiger partial charge in [-0.1, -0.05) is 12.1 Å². The second-order valence-electron chi connectivity index (χ2n) is 7.41. The van der Waals surface area contributed by atoms with E-state index in [-0.39, 0.29) is 29.4 Å². The Bertz CT molecular complexity index is 890. The van der Waals surface area contributed by atoms with E-state index < -0.39 is 0 Å². The Balaban J connectivity index is 1.43. The second kappa shape index (κ2) is 7.70. The van der Waals surface area contributed by atoms with E-state index in [4.69, 9.17) is 0 Å². The number of halogens is 2. The van der Waals surface area contributed by atoms with Gasteiger partial charge in [0, 0.05) is 31.1 Å². The van der Waals surface area contributed by atoms with Gasteiger partial charge < -0.3 is 9.80 Å². The van der Waals surface area contributed by atoms with E-state index in [0.29, 0.717) is 43.7 Å². The maximum atomic E-state index is 14.4. The molecule has 4 rings (SSSR count). The number of piperidine rings is 1. The third-order valence-corrected chi connectivity index (χ3v) is 5.66. The lowest BCUT2D eigenvalue weighted by molar-refractivity contribution is -0.123. The van der Waals surface area contributed by atoms with Gasteiger partial charge in [-0.2, -0.15) is 0 Å². The maximum Gasteiger partial charge on any atom is 0.253 e. The summed E-state index contributed by atoms with van der Waals surface area (Å²) in [6.45, 7) is 1.46. The predicted molar refractivity (Wildman–Crippen MR) is 102 cm³/mol. The van der Waals surface area contributed by atoms with Gasteiger partial charge in [-0.15, -0.1) is 0 Å². The Kier molecular flexibility index (Phi) is 5.11. The largest absolute Gasteiger partial charge is 0.339 e. The number of fused-ring (bicyclic) bond motifs is 1. The van der Waals surface area contributed by atoms with Crippen LogP contribution in [0.5, 0.6) is 0 Å². The average molecular weight is 384 g/mol. The summed E-state index contributed by atoms with van der Waals surface area (Å²) < 4.78 is 27.4. The number of likely N-dealkylation sites (tertiary alicyclic amines) is 1. The van der Waals surface area contributed by atoms with Gasteiger partial charge in [0.2, 0.25) is 5.91 Å². The molecule has 28 heavy (non-hydrogen) atoms. The van der Waals surface area contributed by atoms with Crippen LogP contribution < -0.4 is 4.90 Å². The van der Waals surface area contributed by atoms with Crippen molar-refractivity contribution in [3.05, 3.63) is 65.2 Å². The summed E-state index contributed by atoms with van der Waals surface area (Å²) in [7, 11) is 0. The van der Waals surface area contributed by atoms with Crippen LogP contribution in [0.25, 0.3) is 0 Å². The quantitative estimate of drug-likeness (QED) is 0.790. The number of carbonyl (C=O) groups excluding carboxylic acids is 2. The molecule has 4 nitrogen and oxygen atoms in total. The van der Waals surface area contributed by atoms with E-state index in [1.807, 2.05) is 6.07 Å². The van der Waals surface area contributed by atoms with Crippen LogP contribution in [0.4, 0.5) is 14.5 Å². The zero-order valence-corrected chi connectivity index (χ0v) is 15.5. The molecule has 2 aliphatic heterocycles. The van der Waals surface area contributed by atoms with Crippen molar-refractivity contribution in [1.82, 2.24) is 4.90 Å². The summed E-state index contributed by atoms with van der Waals surface area (Å²) in [4.78, 5) is 28.9. The molecular weight excluding hydrogens is 362 g/mol. The van der Waals surface area contributed by atoms with E-state index in [1.54, 1.807) is 15.9 Å². The lowest BCUT2D eigenvalue weighted by Gasteiger charge is -2.36.